The van der Waals surface area contributed by atoms with Crippen molar-refractivity contribution >= 4 is 63.6 Å². The predicted molar refractivity (Wildman–Crippen MR) is 266 cm³/mol. The van der Waals surface area contributed by atoms with E-state index in [0.29, 0.717) is 58.0 Å². The average Bonchev–Trinajstić information content (AvgIpc) is 3.88. The van der Waals surface area contributed by atoms with E-state index in [9.17, 15) is 24.0 Å². The number of fused-ring (bicyclic) bond motifs is 2. The number of imide groups is 2. The zero-order valence-electron chi connectivity index (χ0n) is 40.4. The molecular weight excluding hydrogens is 891 g/mol. The first-order valence-corrected chi connectivity index (χ1v) is 24.6. The van der Waals surface area contributed by atoms with Crippen molar-refractivity contribution in [3.05, 3.63) is 77.1 Å². The van der Waals surface area contributed by atoms with Crippen molar-refractivity contribution in [1.82, 2.24) is 45.1 Å². The average molecular weight is 954 g/mol. The number of likely N-dealkylation sites (tertiary alicyclic amines) is 1. The second-order valence-electron chi connectivity index (χ2n) is 20.0. The number of carbonyl (C=O) groups excluding carboxylic acids is 5. The van der Waals surface area contributed by atoms with Crippen LogP contribution in [0.25, 0.3) is 22.2 Å². The second kappa shape index (κ2) is 19.1. The van der Waals surface area contributed by atoms with Crippen molar-refractivity contribution in [3.63, 3.8) is 0 Å². The van der Waals surface area contributed by atoms with Gasteiger partial charge in [0.15, 0.2) is 0 Å². The first-order chi connectivity index (χ1) is 33.7. The summed E-state index contributed by atoms with van der Waals surface area (Å²) in [6, 6.07) is 15.0. The SMILES string of the molecule is CC1=C(C(=O)Nc2ccc3[nH]nc(-c4ccnc(N5CC(C)N(CC6CCN(CC7CCN(c8ccc9c(c8)C(=O)N(C8CCC(=O)NC8=O)C9=O)CC7)CC6)C(C)C5)c4)c3c2)CN(N)/C(=N\N)N1C. The number of hydrazone groups is 1. The Balaban J connectivity index is 0.695. The highest BCUT2D eigenvalue weighted by atomic mass is 16.2. The number of H-pyrrole nitrogens is 1. The molecule has 8 heterocycles. The Morgan fingerprint density at radius 1 is 0.857 bits per heavy atom. The molecule has 4 aromatic rings. The minimum Gasteiger partial charge on any atom is -0.371 e. The molecule has 0 aliphatic carbocycles. The summed E-state index contributed by atoms with van der Waals surface area (Å²) in [4.78, 5) is 81.9. The van der Waals surface area contributed by atoms with Gasteiger partial charge < -0.3 is 30.8 Å². The molecule has 5 amide bonds. The predicted octanol–water partition coefficient (Wildman–Crippen LogP) is 3.12. The fourth-order valence-corrected chi connectivity index (χ4v) is 11.5. The number of hydrogen-bond donors (Lipinski definition) is 5. The van der Waals surface area contributed by atoms with Gasteiger partial charge in [-0.2, -0.15) is 5.10 Å². The normalized spacial score (nSPS) is 24.1. The summed E-state index contributed by atoms with van der Waals surface area (Å²) in [5.41, 5.74) is 6.01. The number of aromatic amines is 1. The number of nitrogens with two attached hydrogens (primary N) is 2. The molecule has 3 atom stereocenters. The van der Waals surface area contributed by atoms with Crippen LogP contribution in [0.4, 0.5) is 17.2 Å². The molecule has 6 aliphatic rings. The van der Waals surface area contributed by atoms with Gasteiger partial charge in [-0.1, -0.05) is 0 Å². The highest BCUT2D eigenvalue weighted by molar-refractivity contribution is 6.23. The number of guanidine groups is 1. The fraction of sp³-hybridized carbons (Fsp3) is 0.480. The Kier molecular flexibility index (Phi) is 12.8. The summed E-state index contributed by atoms with van der Waals surface area (Å²) in [5.74, 6) is 12.0. The Bertz CT molecular complexity index is 2780. The molecule has 0 radical (unpaired) electrons. The van der Waals surface area contributed by atoms with Crippen molar-refractivity contribution < 1.29 is 24.0 Å². The number of benzene rings is 2. The third-order valence-corrected chi connectivity index (χ3v) is 15.6. The lowest BCUT2D eigenvalue weighted by Crippen LogP contribution is -2.58. The van der Waals surface area contributed by atoms with E-state index in [1.54, 1.807) is 24.1 Å². The molecule has 0 saturated carbocycles. The number of anilines is 3. The van der Waals surface area contributed by atoms with E-state index in [-0.39, 0.29) is 31.2 Å². The van der Waals surface area contributed by atoms with E-state index < -0.39 is 23.8 Å². The van der Waals surface area contributed by atoms with Gasteiger partial charge in [0.25, 0.3) is 17.7 Å². The van der Waals surface area contributed by atoms with Crippen molar-refractivity contribution in [1.29, 1.82) is 0 Å². The van der Waals surface area contributed by atoms with Crippen LogP contribution >= 0.6 is 0 Å². The van der Waals surface area contributed by atoms with Crippen molar-refractivity contribution in [3.8, 4) is 11.3 Å². The molecule has 6 aliphatic heterocycles. The molecule has 4 fully saturated rings. The monoisotopic (exact) mass is 954 g/mol. The number of hydrazine groups is 1. The fourth-order valence-electron chi connectivity index (χ4n) is 11.5. The Morgan fingerprint density at radius 3 is 2.30 bits per heavy atom. The maximum Gasteiger partial charge on any atom is 0.262 e. The minimum absolute atomic E-state index is 0.0977. The quantitative estimate of drug-likeness (QED) is 0.0873. The number of carbonyl (C=O) groups is 5. The summed E-state index contributed by atoms with van der Waals surface area (Å²) >= 11 is 0. The number of nitrogens with zero attached hydrogens (tertiary/aromatic N) is 10. The summed E-state index contributed by atoms with van der Waals surface area (Å²) in [6.45, 7) is 14.6. The molecule has 3 unspecified atom stereocenters. The summed E-state index contributed by atoms with van der Waals surface area (Å²) < 4.78 is 0. The number of pyridine rings is 1. The molecular formula is C50H63N15O5. The number of nitrogens with one attached hydrogen (secondary N) is 3. The van der Waals surface area contributed by atoms with E-state index in [2.05, 4.69) is 60.3 Å². The highest BCUT2D eigenvalue weighted by Crippen LogP contribution is 2.35. The Hall–Kier alpha value is -6.90. The lowest BCUT2D eigenvalue weighted by atomic mass is 9.91. The number of piperidine rings is 3. The van der Waals surface area contributed by atoms with Crippen LogP contribution in [0.15, 0.2) is 71.1 Å². The van der Waals surface area contributed by atoms with Crippen molar-refractivity contribution in [2.75, 3.05) is 81.1 Å². The third kappa shape index (κ3) is 8.94. The number of aromatic nitrogens is 3. The Morgan fingerprint density at radius 2 is 1.57 bits per heavy atom. The standard InChI is InChI=1S/C50H63N15O5/c1-29-24-62(43-21-34(11-16-53-43)45-39-22-35(5-8-41(39)57-58-45)54-46(67)40-28-64(52)50(56-51)59(4)31(40)3)25-30(2)63(29)27-33-12-17-60(18-13-33)26-32-14-19-61(20-15-32)36-6-7-37-38(23-36)49(70)65(48(37)69)42-9-10-44(66)55-47(42)68/h5-8,11,16,21-23,29-30,32-33,42H,9-10,12-15,17-20,24-28,51-52H2,1-4H3,(H,54,67)(H,57,58)(H,55,66,68)/b56-50-. The number of allylic oxidation sites excluding steroid dienone is 1. The number of piperazine rings is 1. The van der Waals surface area contributed by atoms with Gasteiger partial charge in [-0.15, -0.1) is 5.10 Å². The first-order valence-electron chi connectivity index (χ1n) is 24.6. The van der Waals surface area contributed by atoms with Crippen LogP contribution in [-0.4, -0.2) is 159 Å². The van der Waals surface area contributed by atoms with Gasteiger partial charge in [-0.25, -0.2) is 10.8 Å². The second-order valence-corrected chi connectivity index (χ2v) is 20.0. The maximum absolute atomic E-state index is 13.5. The van der Waals surface area contributed by atoms with E-state index >= 15 is 0 Å². The third-order valence-electron chi connectivity index (χ3n) is 15.6. The topological polar surface area (TPSA) is 238 Å². The van der Waals surface area contributed by atoms with E-state index in [1.165, 1.54) is 17.9 Å². The number of rotatable bonds is 10. The number of hydrogen-bond acceptors (Lipinski definition) is 14. The smallest absolute Gasteiger partial charge is 0.262 e. The molecule has 7 N–H and O–H groups in total. The van der Waals surface area contributed by atoms with Gasteiger partial charge in [0.2, 0.25) is 17.8 Å². The van der Waals surface area contributed by atoms with Crippen LogP contribution < -0.4 is 32.1 Å². The van der Waals surface area contributed by atoms with Crippen LogP contribution in [0.5, 0.6) is 0 Å². The lowest BCUT2D eigenvalue weighted by Gasteiger charge is -2.47. The van der Waals surface area contributed by atoms with Crippen molar-refractivity contribution in [2.45, 2.75) is 77.4 Å². The van der Waals surface area contributed by atoms with E-state index in [0.717, 1.165) is 104 Å². The molecule has 2 aromatic carbocycles. The van der Waals surface area contributed by atoms with Gasteiger partial charge >= 0.3 is 0 Å². The Labute approximate surface area is 407 Å². The van der Waals surface area contributed by atoms with Crippen molar-refractivity contribution in [2.24, 2.45) is 28.6 Å². The van der Waals surface area contributed by atoms with Gasteiger partial charge in [0, 0.05) is 99.0 Å². The van der Waals surface area contributed by atoms with E-state index in [1.807, 2.05) is 43.5 Å². The van der Waals surface area contributed by atoms with Crippen LogP contribution in [-0.2, 0) is 14.4 Å². The molecule has 0 bridgehead atoms. The van der Waals surface area contributed by atoms with Crippen LogP contribution in [0, 0.1) is 11.8 Å². The minimum atomic E-state index is -0.966. The largest absolute Gasteiger partial charge is 0.371 e. The molecule has 4 saturated heterocycles. The van der Waals surface area contributed by atoms with E-state index in [4.69, 9.17) is 21.8 Å². The summed E-state index contributed by atoms with van der Waals surface area (Å²) in [7, 11) is 1.77. The van der Waals surface area contributed by atoms with Gasteiger partial charge in [0.05, 0.1) is 28.8 Å². The molecule has 2 aromatic heterocycles. The molecule has 20 heteroatoms. The summed E-state index contributed by atoms with van der Waals surface area (Å²) in [5, 5.41) is 19.2. The summed E-state index contributed by atoms with van der Waals surface area (Å²) in [6.07, 6.45) is 6.59. The van der Waals surface area contributed by atoms with Gasteiger partial charge in [-0.05, 0) is 126 Å². The molecule has 368 valence electrons. The lowest BCUT2D eigenvalue weighted by molar-refractivity contribution is -0.136. The zero-order chi connectivity index (χ0) is 49.0. The zero-order valence-corrected chi connectivity index (χ0v) is 40.4. The van der Waals surface area contributed by atoms with Crippen LogP contribution in [0.3, 0.4) is 0 Å². The van der Waals surface area contributed by atoms with Gasteiger partial charge in [0.1, 0.15) is 17.6 Å². The molecule has 70 heavy (non-hydrogen) atoms. The molecule has 0 spiro atoms. The van der Waals surface area contributed by atoms with Crippen LogP contribution in [0.1, 0.15) is 80.0 Å². The first kappa shape index (κ1) is 46.8. The number of amides is 5. The highest BCUT2D eigenvalue weighted by Gasteiger charge is 2.45. The van der Waals surface area contributed by atoms with Crippen LogP contribution in [0.2, 0.25) is 0 Å². The maximum atomic E-state index is 13.5. The molecule has 20 nitrogen and oxygen atoms in total. The molecule has 10 rings (SSSR count). The van der Waals surface area contributed by atoms with Gasteiger partial charge in [-0.3, -0.25) is 49.2 Å².